The monoisotopic (exact) mass is 366 g/mol. The van der Waals surface area contributed by atoms with Crippen molar-refractivity contribution in [3.8, 4) is 22.8 Å². The molecule has 2 aliphatic rings. The maximum Gasteiger partial charge on any atom is 0.256 e. The SMILES string of the molecule is O=C(NC[C@H]1CCCO1)c1cnn2c(-c3ccc4c(c3)OCO4)ccnc12. The van der Waals surface area contributed by atoms with Gasteiger partial charge in [0.1, 0.15) is 5.56 Å². The van der Waals surface area contributed by atoms with Crippen LogP contribution in [0.15, 0.2) is 36.7 Å². The van der Waals surface area contributed by atoms with Crippen LogP contribution in [0.4, 0.5) is 0 Å². The molecule has 0 saturated carbocycles. The molecule has 4 heterocycles. The third-order valence-corrected chi connectivity index (χ3v) is 4.83. The fourth-order valence-electron chi connectivity index (χ4n) is 3.43. The van der Waals surface area contributed by atoms with Crippen LogP contribution >= 0.6 is 0 Å². The maximum absolute atomic E-state index is 12.6. The number of aromatic nitrogens is 3. The number of rotatable bonds is 4. The number of ether oxygens (including phenoxy) is 3. The van der Waals surface area contributed by atoms with E-state index in [0.717, 1.165) is 36.5 Å². The zero-order valence-electron chi connectivity index (χ0n) is 14.6. The van der Waals surface area contributed by atoms with Gasteiger partial charge in [0.15, 0.2) is 17.1 Å². The Hall–Kier alpha value is -3.13. The van der Waals surface area contributed by atoms with Gasteiger partial charge in [-0.15, -0.1) is 0 Å². The summed E-state index contributed by atoms with van der Waals surface area (Å²) in [6, 6.07) is 7.55. The summed E-state index contributed by atoms with van der Waals surface area (Å²) in [7, 11) is 0. The zero-order chi connectivity index (χ0) is 18.2. The fraction of sp³-hybridized carbons (Fsp3) is 0.316. The van der Waals surface area contributed by atoms with E-state index in [4.69, 9.17) is 14.2 Å². The van der Waals surface area contributed by atoms with Crippen LogP contribution in [-0.2, 0) is 4.74 Å². The largest absolute Gasteiger partial charge is 0.454 e. The van der Waals surface area contributed by atoms with E-state index >= 15 is 0 Å². The molecule has 8 nitrogen and oxygen atoms in total. The van der Waals surface area contributed by atoms with Crippen molar-refractivity contribution < 1.29 is 19.0 Å². The van der Waals surface area contributed by atoms with Gasteiger partial charge < -0.3 is 19.5 Å². The molecule has 2 aliphatic heterocycles. The van der Waals surface area contributed by atoms with E-state index in [2.05, 4.69) is 15.4 Å². The van der Waals surface area contributed by atoms with Crippen molar-refractivity contribution in [3.05, 3.63) is 42.2 Å². The van der Waals surface area contributed by atoms with Gasteiger partial charge in [-0.05, 0) is 37.1 Å². The molecule has 138 valence electrons. The normalized spacial score (nSPS) is 18.1. The molecule has 5 rings (SSSR count). The van der Waals surface area contributed by atoms with Crippen LogP contribution in [-0.4, -0.2) is 46.6 Å². The van der Waals surface area contributed by atoms with E-state index in [9.17, 15) is 4.79 Å². The van der Waals surface area contributed by atoms with Crippen molar-refractivity contribution in [3.63, 3.8) is 0 Å². The summed E-state index contributed by atoms with van der Waals surface area (Å²) in [5, 5.41) is 7.30. The van der Waals surface area contributed by atoms with Crippen molar-refractivity contribution in [1.82, 2.24) is 19.9 Å². The van der Waals surface area contributed by atoms with Crippen LogP contribution in [0, 0.1) is 0 Å². The van der Waals surface area contributed by atoms with Crippen molar-refractivity contribution in [2.24, 2.45) is 0 Å². The average Bonchev–Trinajstić information content (AvgIpc) is 3.45. The molecule has 1 fully saturated rings. The minimum atomic E-state index is -0.198. The number of carbonyl (C=O) groups is 1. The minimum Gasteiger partial charge on any atom is -0.454 e. The molecule has 0 radical (unpaired) electrons. The van der Waals surface area contributed by atoms with E-state index in [-0.39, 0.29) is 18.8 Å². The molecule has 0 aliphatic carbocycles. The van der Waals surface area contributed by atoms with Gasteiger partial charge >= 0.3 is 0 Å². The molecule has 2 aromatic heterocycles. The van der Waals surface area contributed by atoms with Gasteiger partial charge in [0.05, 0.1) is 18.0 Å². The molecule has 1 amide bonds. The summed E-state index contributed by atoms with van der Waals surface area (Å²) in [6.45, 7) is 1.48. The van der Waals surface area contributed by atoms with Crippen molar-refractivity contribution >= 4 is 11.6 Å². The number of benzene rings is 1. The Morgan fingerprint density at radius 3 is 3.07 bits per heavy atom. The lowest BCUT2D eigenvalue weighted by Crippen LogP contribution is -2.31. The maximum atomic E-state index is 12.6. The Labute approximate surface area is 155 Å². The van der Waals surface area contributed by atoms with Gasteiger partial charge in [0.2, 0.25) is 6.79 Å². The Balaban J connectivity index is 1.45. The summed E-state index contributed by atoms with van der Waals surface area (Å²) in [6.07, 6.45) is 5.32. The Morgan fingerprint density at radius 2 is 2.19 bits per heavy atom. The third-order valence-electron chi connectivity index (χ3n) is 4.83. The molecular weight excluding hydrogens is 348 g/mol. The predicted octanol–water partition coefficient (Wildman–Crippen LogP) is 2.03. The second kappa shape index (κ2) is 6.55. The first-order valence-electron chi connectivity index (χ1n) is 8.92. The molecular formula is C19H18N4O4. The second-order valence-electron chi connectivity index (χ2n) is 6.54. The van der Waals surface area contributed by atoms with Gasteiger partial charge in [-0.3, -0.25) is 4.79 Å². The lowest BCUT2D eigenvalue weighted by Gasteiger charge is -2.10. The van der Waals surface area contributed by atoms with Crippen LogP contribution in [0.5, 0.6) is 11.5 Å². The number of fused-ring (bicyclic) bond motifs is 2. The summed E-state index contributed by atoms with van der Waals surface area (Å²) < 4.78 is 18.0. The highest BCUT2D eigenvalue weighted by Gasteiger charge is 2.21. The van der Waals surface area contributed by atoms with Crippen LogP contribution in [0.25, 0.3) is 16.9 Å². The van der Waals surface area contributed by atoms with Gasteiger partial charge in [0, 0.05) is 24.9 Å². The van der Waals surface area contributed by atoms with Crippen molar-refractivity contribution in [1.29, 1.82) is 0 Å². The number of nitrogens with one attached hydrogen (secondary N) is 1. The van der Waals surface area contributed by atoms with Crippen LogP contribution < -0.4 is 14.8 Å². The number of carbonyl (C=O) groups excluding carboxylic acids is 1. The van der Waals surface area contributed by atoms with Gasteiger partial charge in [-0.2, -0.15) is 5.10 Å². The number of hydrogen-bond acceptors (Lipinski definition) is 6. The summed E-state index contributed by atoms with van der Waals surface area (Å²) in [5.74, 6) is 1.22. The lowest BCUT2D eigenvalue weighted by molar-refractivity contribution is 0.0859. The lowest BCUT2D eigenvalue weighted by atomic mass is 10.1. The first-order chi connectivity index (χ1) is 13.3. The Morgan fingerprint density at radius 1 is 1.26 bits per heavy atom. The number of nitrogens with zero attached hydrogens (tertiary/aromatic N) is 3. The van der Waals surface area contributed by atoms with Crippen molar-refractivity contribution in [2.45, 2.75) is 18.9 Å². The van der Waals surface area contributed by atoms with Crippen molar-refractivity contribution in [2.75, 3.05) is 19.9 Å². The third kappa shape index (κ3) is 2.87. The number of hydrogen-bond donors (Lipinski definition) is 1. The number of amides is 1. The summed E-state index contributed by atoms with van der Waals surface area (Å²) in [5.41, 5.74) is 2.67. The van der Waals surface area contributed by atoms with Gasteiger partial charge in [0.25, 0.3) is 5.91 Å². The molecule has 3 aromatic rings. The molecule has 1 aromatic carbocycles. The predicted molar refractivity (Wildman–Crippen MR) is 95.9 cm³/mol. The topological polar surface area (TPSA) is 87.0 Å². The van der Waals surface area contributed by atoms with Crippen LogP contribution in [0.3, 0.4) is 0 Å². The fourth-order valence-corrected chi connectivity index (χ4v) is 3.43. The highest BCUT2D eigenvalue weighted by atomic mass is 16.7. The molecule has 0 spiro atoms. The van der Waals surface area contributed by atoms with Crippen LogP contribution in [0.1, 0.15) is 23.2 Å². The standard InChI is InChI=1S/C19H18N4O4/c24-19(21-9-13-2-1-7-25-13)14-10-22-23-15(5-6-20-18(14)23)12-3-4-16-17(8-12)27-11-26-16/h3-6,8,10,13H,1-2,7,9,11H2,(H,21,24)/t13-/m1/s1. The highest BCUT2D eigenvalue weighted by molar-refractivity contribution is 5.99. The Bertz CT molecular complexity index is 1010. The first kappa shape index (κ1) is 16.1. The summed E-state index contributed by atoms with van der Waals surface area (Å²) in [4.78, 5) is 16.9. The molecule has 8 heteroatoms. The second-order valence-corrected chi connectivity index (χ2v) is 6.54. The zero-order valence-corrected chi connectivity index (χ0v) is 14.6. The minimum absolute atomic E-state index is 0.0907. The van der Waals surface area contributed by atoms with Gasteiger partial charge in [-0.1, -0.05) is 0 Å². The quantitative estimate of drug-likeness (QED) is 0.760. The van der Waals surface area contributed by atoms with E-state index < -0.39 is 0 Å². The molecule has 1 N–H and O–H groups in total. The molecule has 27 heavy (non-hydrogen) atoms. The van der Waals surface area contributed by atoms with E-state index in [1.54, 1.807) is 16.9 Å². The molecule has 0 bridgehead atoms. The smallest absolute Gasteiger partial charge is 0.256 e. The summed E-state index contributed by atoms with van der Waals surface area (Å²) >= 11 is 0. The molecule has 0 unspecified atom stereocenters. The molecule has 1 saturated heterocycles. The highest BCUT2D eigenvalue weighted by Crippen LogP contribution is 2.35. The first-order valence-corrected chi connectivity index (χ1v) is 8.92. The molecule has 1 atom stereocenters. The van der Waals surface area contributed by atoms with Gasteiger partial charge in [-0.25, -0.2) is 9.50 Å². The average molecular weight is 366 g/mol. The van der Waals surface area contributed by atoms with E-state index in [1.807, 2.05) is 24.3 Å². The van der Waals surface area contributed by atoms with Crippen LogP contribution in [0.2, 0.25) is 0 Å². The van der Waals surface area contributed by atoms with E-state index in [0.29, 0.717) is 23.5 Å². The Kier molecular flexibility index (Phi) is 3.90. The van der Waals surface area contributed by atoms with E-state index in [1.165, 1.54) is 0 Å².